The van der Waals surface area contributed by atoms with E-state index in [0.29, 0.717) is 18.9 Å². The first kappa shape index (κ1) is 19.8. The van der Waals surface area contributed by atoms with E-state index in [1.165, 1.54) is 0 Å². The molecule has 0 aromatic heterocycles. The Morgan fingerprint density at radius 3 is 2.27 bits per heavy atom. The molecule has 0 fully saturated rings. The molecule has 0 radical (unpaired) electrons. The first-order valence-corrected chi connectivity index (χ1v) is 8.81. The molecule has 26 heavy (non-hydrogen) atoms. The van der Waals surface area contributed by atoms with Crippen LogP contribution in [0.25, 0.3) is 0 Å². The molecule has 2 aromatic carbocycles. The van der Waals surface area contributed by atoms with E-state index in [4.69, 9.17) is 9.47 Å². The van der Waals surface area contributed by atoms with E-state index < -0.39 is 6.10 Å². The monoisotopic (exact) mass is 356 g/mol. The smallest absolute Gasteiger partial charge is 0.261 e. The van der Waals surface area contributed by atoms with Crippen LogP contribution < -0.4 is 14.8 Å². The number of rotatable bonds is 9. The molecule has 1 unspecified atom stereocenters. The second-order valence-corrected chi connectivity index (χ2v) is 6.59. The molecule has 0 heterocycles. The topological polar surface area (TPSA) is 50.8 Å². The van der Waals surface area contributed by atoms with Crippen molar-refractivity contribution in [1.82, 2.24) is 10.2 Å². The molecule has 0 saturated carbocycles. The number of aryl methyl sites for hydroxylation is 1. The van der Waals surface area contributed by atoms with Gasteiger partial charge in [0.15, 0.2) is 6.10 Å². The molecular weight excluding hydrogens is 328 g/mol. The maximum absolute atomic E-state index is 12.2. The van der Waals surface area contributed by atoms with Crippen LogP contribution in [-0.2, 0) is 11.3 Å². The Bertz CT molecular complexity index is 681. The standard InChI is InChI=1S/C21H28N2O3/c1-16-5-9-20(10-6-16)26-17(2)21(24)22-15-18-7-11-19(12-8-18)25-14-13-23(3)4/h5-12,17H,13-15H2,1-4H3,(H,22,24). The van der Waals surface area contributed by atoms with Crippen molar-refractivity contribution in [2.24, 2.45) is 0 Å². The van der Waals surface area contributed by atoms with Crippen molar-refractivity contribution in [1.29, 1.82) is 0 Å². The summed E-state index contributed by atoms with van der Waals surface area (Å²) in [6.45, 7) is 5.74. The Labute approximate surface area is 155 Å². The molecule has 5 nitrogen and oxygen atoms in total. The Balaban J connectivity index is 1.76. The average molecular weight is 356 g/mol. The lowest BCUT2D eigenvalue weighted by Crippen LogP contribution is -2.35. The van der Waals surface area contributed by atoms with Crippen LogP contribution in [0.3, 0.4) is 0 Å². The van der Waals surface area contributed by atoms with Gasteiger partial charge in [0.25, 0.3) is 5.91 Å². The van der Waals surface area contributed by atoms with Gasteiger partial charge >= 0.3 is 0 Å². The van der Waals surface area contributed by atoms with E-state index in [0.717, 1.165) is 23.4 Å². The van der Waals surface area contributed by atoms with E-state index >= 15 is 0 Å². The summed E-state index contributed by atoms with van der Waals surface area (Å²) >= 11 is 0. The molecule has 2 rings (SSSR count). The summed E-state index contributed by atoms with van der Waals surface area (Å²) in [6.07, 6.45) is -0.550. The SMILES string of the molecule is Cc1ccc(OC(C)C(=O)NCc2ccc(OCCN(C)C)cc2)cc1. The number of carbonyl (C=O) groups is 1. The van der Waals surface area contributed by atoms with Gasteiger partial charge in [0.05, 0.1) is 0 Å². The highest BCUT2D eigenvalue weighted by atomic mass is 16.5. The van der Waals surface area contributed by atoms with E-state index in [1.54, 1.807) is 6.92 Å². The van der Waals surface area contributed by atoms with Gasteiger partial charge in [0.2, 0.25) is 0 Å². The molecule has 0 spiro atoms. The van der Waals surface area contributed by atoms with Gasteiger partial charge in [-0.25, -0.2) is 0 Å². The van der Waals surface area contributed by atoms with Gasteiger partial charge < -0.3 is 19.7 Å². The molecule has 0 aliphatic carbocycles. The predicted molar refractivity (Wildman–Crippen MR) is 104 cm³/mol. The van der Waals surface area contributed by atoms with Crippen LogP contribution in [0.4, 0.5) is 0 Å². The van der Waals surface area contributed by atoms with Crippen LogP contribution in [0.5, 0.6) is 11.5 Å². The molecule has 0 bridgehead atoms. The van der Waals surface area contributed by atoms with E-state index in [-0.39, 0.29) is 5.91 Å². The maximum Gasteiger partial charge on any atom is 0.261 e. The molecule has 140 valence electrons. The summed E-state index contributed by atoms with van der Waals surface area (Å²) in [5.74, 6) is 1.38. The van der Waals surface area contributed by atoms with Crippen molar-refractivity contribution in [3.8, 4) is 11.5 Å². The highest BCUT2D eigenvalue weighted by molar-refractivity contribution is 5.80. The Morgan fingerprint density at radius 2 is 1.65 bits per heavy atom. The fourth-order valence-corrected chi connectivity index (χ4v) is 2.26. The number of benzene rings is 2. The van der Waals surface area contributed by atoms with Crippen molar-refractivity contribution in [2.45, 2.75) is 26.5 Å². The van der Waals surface area contributed by atoms with Crippen molar-refractivity contribution < 1.29 is 14.3 Å². The van der Waals surface area contributed by atoms with Crippen molar-refractivity contribution in [3.05, 3.63) is 59.7 Å². The molecule has 1 amide bonds. The first-order chi connectivity index (χ1) is 12.4. The van der Waals surface area contributed by atoms with Crippen molar-refractivity contribution in [2.75, 3.05) is 27.2 Å². The summed E-state index contributed by atoms with van der Waals surface area (Å²) in [6, 6.07) is 15.4. The van der Waals surface area contributed by atoms with Crippen molar-refractivity contribution >= 4 is 5.91 Å². The molecule has 0 aliphatic heterocycles. The van der Waals surface area contributed by atoms with Crippen LogP contribution >= 0.6 is 0 Å². The molecular formula is C21H28N2O3. The van der Waals surface area contributed by atoms with Crippen molar-refractivity contribution in [3.63, 3.8) is 0 Å². The molecule has 0 aliphatic rings. The van der Waals surface area contributed by atoms with Crippen LogP contribution in [0, 0.1) is 6.92 Å². The average Bonchev–Trinajstić information content (AvgIpc) is 2.62. The molecule has 1 atom stereocenters. The number of amides is 1. The highest BCUT2D eigenvalue weighted by Crippen LogP contribution is 2.14. The third kappa shape index (κ3) is 6.76. The van der Waals surface area contributed by atoms with Crippen LogP contribution in [0.15, 0.2) is 48.5 Å². The second kappa shape index (κ2) is 9.82. The van der Waals surface area contributed by atoms with Gasteiger partial charge in [-0.15, -0.1) is 0 Å². The summed E-state index contributed by atoms with van der Waals surface area (Å²) in [4.78, 5) is 14.3. The molecule has 1 N–H and O–H groups in total. The molecule has 2 aromatic rings. The first-order valence-electron chi connectivity index (χ1n) is 8.81. The number of carbonyl (C=O) groups excluding carboxylic acids is 1. The fourth-order valence-electron chi connectivity index (χ4n) is 2.26. The minimum atomic E-state index is -0.550. The number of ether oxygens (including phenoxy) is 2. The largest absolute Gasteiger partial charge is 0.492 e. The van der Waals surface area contributed by atoms with Crippen LogP contribution in [0.1, 0.15) is 18.1 Å². The third-order valence-electron chi connectivity index (χ3n) is 3.90. The number of hydrogen-bond donors (Lipinski definition) is 1. The van der Waals surface area contributed by atoms with E-state index in [1.807, 2.05) is 69.6 Å². The lowest BCUT2D eigenvalue weighted by molar-refractivity contribution is -0.127. The minimum Gasteiger partial charge on any atom is -0.492 e. The number of nitrogens with zero attached hydrogens (tertiary/aromatic N) is 1. The lowest BCUT2D eigenvalue weighted by atomic mass is 10.2. The van der Waals surface area contributed by atoms with Gasteiger partial charge in [-0.2, -0.15) is 0 Å². The second-order valence-electron chi connectivity index (χ2n) is 6.59. The van der Waals surface area contributed by atoms with Gasteiger partial charge in [-0.05, 0) is 57.8 Å². The zero-order valence-electron chi connectivity index (χ0n) is 16.0. The fraction of sp³-hybridized carbons (Fsp3) is 0.381. The summed E-state index contributed by atoms with van der Waals surface area (Å²) in [7, 11) is 4.03. The van der Waals surface area contributed by atoms with Crippen LogP contribution in [0.2, 0.25) is 0 Å². The quantitative estimate of drug-likeness (QED) is 0.750. The molecule has 5 heteroatoms. The summed E-state index contributed by atoms with van der Waals surface area (Å²) in [5.41, 5.74) is 2.17. The molecule has 0 saturated heterocycles. The number of nitrogens with one attached hydrogen (secondary N) is 1. The normalized spacial score (nSPS) is 11.9. The Kier molecular flexibility index (Phi) is 7.48. The highest BCUT2D eigenvalue weighted by Gasteiger charge is 2.14. The predicted octanol–water partition coefficient (Wildman–Crippen LogP) is 3.02. The zero-order valence-corrected chi connectivity index (χ0v) is 16.0. The number of hydrogen-bond acceptors (Lipinski definition) is 4. The van der Waals surface area contributed by atoms with Gasteiger partial charge in [0.1, 0.15) is 18.1 Å². The lowest BCUT2D eigenvalue weighted by Gasteiger charge is -2.15. The van der Waals surface area contributed by atoms with Gasteiger partial charge in [-0.1, -0.05) is 29.8 Å². The zero-order chi connectivity index (χ0) is 18.9. The Hall–Kier alpha value is -2.53. The summed E-state index contributed by atoms with van der Waals surface area (Å²) in [5, 5.41) is 2.90. The third-order valence-corrected chi connectivity index (χ3v) is 3.90. The van der Waals surface area contributed by atoms with E-state index in [2.05, 4.69) is 10.2 Å². The maximum atomic E-state index is 12.2. The summed E-state index contributed by atoms with van der Waals surface area (Å²) < 4.78 is 11.3. The van der Waals surface area contributed by atoms with E-state index in [9.17, 15) is 4.79 Å². The number of likely N-dealkylation sites (N-methyl/N-ethyl adjacent to an activating group) is 1. The van der Waals surface area contributed by atoms with Crippen LogP contribution in [-0.4, -0.2) is 44.2 Å². The van der Waals surface area contributed by atoms with Gasteiger partial charge in [-0.3, -0.25) is 4.79 Å². The minimum absolute atomic E-state index is 0.142. The Morgan fingerprint density at radius 1 is 1.04 bits per heavy atom. The van der Waals surface area contributed by atoms with Gasteiger partial charge in [0, 0.05) is 13.1 Å².